The third kappa shape index (κ3) is 9.14. The fourth-order valence-electron chi connectivity index (χ4n) is 3.73. The van der Waals surface area contributed by atoms with E-state index in [0.717, 1.165) is 37.8 Å². The number of halogens is 2. The van der Waals surface area contributed by atoms with Gasteiger partial charge in [0.25, 0.3) is 0 Å². The third-order valence-electron chi connectivity index (χ3n) is 5.79. The average molecular weight is 623 g/mol. The first kappa shape index (κ1) is 27.4. The largest absolute Gasteiger partial charge is 0.493 e. The summed E-state index contributed by atoms with van der Waals surface area (Å²) >= 11 is 10.6. The molecule has 0 radical (unpaired) electrons. The standard InChI is InChI=1S/C29H34Br2OS2/c1-20(2)6-5-7-21(3)16-17-32-27-19-23(8-10-25-12-14-28(30)33-25)22(4)18-24(27)9-11-26-13-15-29(31)34-26/h8-15,18-21H,5-7,16-17H2,1-4H3/b10-8+,11-9+. The van der Waals surface area contributed by atoms with Gasteiger partial charge in [-0.1, -0.05) is 46.1 Å². The normalized spacial score (nSPS) is 12.9. The van der Waals surface area contributed by atoms with Crippen molar-refractivity contribution < 1.29 is 4.74 Å². The van der Waals surface area contributed by atoms with E-state index in [4.69, 9.17) is 4.74 Å². The number of benzene rings is 1. The monoisotopic (exact) mass is 620 g/mol. The van der Waals surface area contributed by atoms with Crippen LogP contribution in [0.25, 0.3) is 24.3 Å². The highest BCUT2D eigenvalue weighted by Crippen LogP contribution is 2.30. The van der Waals surface area contributed by atoms with E-state index in [1.165, 1.54) is 40.1 Å². The summed E-state index contributed by atoms with van der Waals surface area (Å²) in [6.07, 6.45) is 13.7. The fourth-order valence-corrected chi connectivity index (χ4v) is 6.38. The Bertz CT molecular complexity index is 1110. The minimum absolute atomic E-state index is 0.684. The molecule has 0 N–H and O–H groups in total. The Morgan fingerprint density at radius 3 is 1.97 bits per heavy atom. The highest BCUT2D eigenvalue weighted by molar-refractivity contribution is 9.11. The number of thiophene rings is 2. The topological polar surface area (TPSA) is 9.23 Å². The molecule has 1 nitrogen and oxygen atoms in total. The molecule has 0 fully saturated rings. The molecule has 0 aliphatic heterocycles. The molecule has 0 spiro atoms. The van der Waals surface area contributed by atoms with Crippen molar-refractivity contribution in [3.8, 4) is 5.75 Å². The van der Waals surface area contributed by atoms with Crippen LogP contribution in [0.15, 0.2) is 44.0 Å². The molecule has 0 aliphatic carbocycles. The van der Waals surface area contributed by atoms with E-state index < -0.39 is 0 Å². The van der Waals surface area contributed by atoms with Crippen LogP contribution in [-0.4, -0.2) is 6.61 Å². The molecule has 0 saturated heterocycles. The Hall–Kier alpha value is -1.14. The summed E-state index contributed by atoms with van der Waals surface area (Å²) in [5.74, 6) is 2.43. The fraction of sp³-hybridized carbons (Fsp3) is 0.379. The van der Waals surface area contributed by atoms with Crippen molar-refractivity contribution in [2.45, 2.75) is 53.4 Å². The zero-order valence-electron chi connectivity index (χ0n) is 20.4. The molecule has 3 aromatic rings. The molecule has 0 saturated carbocycles. The highest BCUT2D eigenvalue weighted by atomic mass is 79.9. The first-order valence-corrected chi connectivity index (χ1v) is 15.2. The highest BCUT2D eigenvalue weighted by Gasteiger charge is 2.09. The van der Waals surface area contributed by atoms with Crippen LogP contribution < -0.4 is 4.74 Å². The molecule has 1 unspecified atom stereocenters. The van der Waals surface area contributed by atoms with Crippen LogP contribution in [0.1, 0.15) is 72.9 Å². The molecule has 34 heavy (non-hydrogen) atoms. The molecular weight excluding hydrogens is 588 g/mol. The maximum absolute atomic E-state index is 6.38. The summed E-state index contributed by atoms with van der Waals surface area (Å²) in [6.45, 7) is 9.88. The van der Waals surface area contributed by atoms with Crippen LogP contribution in [-0.2, 0) is 0 Å². The Balaban J connectivity index is 1.75. The summed E-state index contributed by atoms with van der Waals surface area (Å²) in [4.78, 5) is 2.46. The van der Waals surface area contributed by atoms with Crippen LogP contribution in [0.5, 0.6) is 5.75 Å². The minimum Gasteiger partial charge on any atom is -0.493 e. The second kappa shape index (κ2) is 13.8. The van der Waals surface area contributed by atoms with Gasteiger partial charge in [0.05, 0.1) is 14.2 Å². The number of hydrogen-bond acceptors (Lipinski definition) is 3. The Morgan fingerprint density at radius 2 is 1.41 bits per heavy atom. The van der Waals surface area contributed by atoms with E-state index >= 15 is 0 Å². The molecule has 2 heterocycles. The Kier molecular flexibility index (Phi) is 11.2. The van der Waals surface area contributed by atoms with E-state index in [0.29, 0.717) is 5.92 Å². The van der Waals surface area contributed by atoms with Crippen LogP contribution in [0.4, 0.5) is 0 Å². The number of ether oxygens (including phenoxy) is 1. The first-order chi connectivity index (χ1) is 16.3. The lowest BCUT2D eigenvalue weighted by Gasteiger charge is -2.16. The molecule has 0 aliphatic rings. The molecule has 5 heteroatoms. The van der Waals surface area contributed by atoms with Crippen molar-refractivity contribution in [3.63, 3.8) is 0 Å². The van der Waals surface area contributed by atoms with Gasteiger partial charge in [-0.25, -0.2) is 0 Å². The van der Waals surface area contributed by atoms with Crippen molar-refractivity contribution in [2.75, 3.05) is 6.61 Å². The van der Waals surface area contributed by atoms with Crippen LogP contribution >= 0.6 is 54.5 Å². The van der Waals surface area contributed by atoms with Gasteiger partial charge in [0.2, 0.25) is 0 Å². The van der Waals surface area contributed by atoms with E-state index in [2.05, 4.69) is 120 Å². The third-order valence-corrected chi connectivity index (χ3v) is 8.97. The predicted molar refractivity (Wildman–Crippen MR) is 161 cm³/mol. The van der Waals surface area contributed by atoms with E-state index in [9.17, 15) is 0 Å². The second-order valence-corrected chi connectivity index (χ2v) is 14.3. The minimum atomic E-state index is 0.684. The Labute approximate surface area is 230 Å². The van der Waals surface area contributed by atoms with Crippen molar-refractivity contribution in [1.82, 2.24) is 0 Å². The van der Waals surface area contributed by atoms with E-state index in [1.54, 1.807) is 22.7 Å². The molecule has 0 bridgehead atoms. The number of aryl methyl sites for hydroxylation is 1. The molecule has 182 valence electrons. The van der Waals surface area contributed by atoms with Crippen molar-refractivity contribution in [1.29, 1.82) is 0 Å². The van der Waals surface area contributed by atoms with Crippen molar-refractivity contribution in [2.24, 2.45) is 11.8 Å². The molecule has 2 aromatic heterocycles. The van der Waals surface area contributed by atoms with Crippen LogP contribution in [0.3, 0.4) is 0 Å². The molecule has 0 amide bonds. The van der Waals surface area contributed by atoms with Crippen molar-refractivity contribution >= 4 is 78.8 Å². The van der Waals surface area contributed by atoms with E-state index in [-0.39, 0.29) is 0 Å². The number of hydrogen-bond donors (Lipinski definition) is 0. The van der Waals surface area contributed by atoms with Gasteiger partial charge in [-0.3, -0.25) is 0 Å². The van der Waals surface area contributed by atoms with Gasteiger partial charge in [0.15, 0.2) is 0 Å². The summed E-state index contributed by atoms with van der Waals surface area (Å²) in [5.41, 5.74) is 3.57. The van der Waals surface area contributed by atoms with Crippen molar-refractivity contribution in [3.05, 3.63) is 70.4 Å². The van der Waals surface area contributed by atoms with Crippen LogP contribution in [0, 0.1) is 18.8 Å². The maximum Gasteiger partial charge on any atom is 0.127 e. The smallest absolute Gasteiger partial charge is 0.127 e. The van der Waals surface area contributed by atoms with Gasteiger partial charge in [0, 0.05) is 15.3 Å². The van der Waals surface area contributed by atoms with Crippen LogP contribution in [0.2, 0.25) is 0 Å². The summed E-state index contributed by atoms with van der Waals surface area (Å²) < 4.78 is 8.68. The maximum atomic E-state index is 6.38. The summed E-state index contributed by atoms with van der Waals surface area (Å²) in [5, 5.41) is 0. The zero-order chi connectivity index (χ0) is 24.5. The van der Waals surface area contributed by atoms with Gasteiger partial charge < -0.3 is 4.74 Å². The molecule has 1 aromatic carbocycles. The second-order valence-electron chi connectivity index (χ2n) is 9.26. The van der Waals surface area contributed by atoms with Gasteiger partial charge in [-0.15, -0.1) is 22.7 Å². The average Bonchev–Trinajstić information content (AvgIpc) is 3.39. The summed E-state index contributed by atoms with van der Waals surface area (Å²) in [6, 6.07) is 12.9. The quantitative estimate of drug-likeness (QED) is 0.195. The van der Waals surface area contributed by atoms with Gasteiger partial charge >= 0.3 is 0 Å². The molecular formula is C29H34Br2OS2. The first-order valence-electron chi connectivity index (χ1n) is 11.9. The lowest BCUT2D eigenvalue weighted by molar-refractivity contribution is 0.275. The van der Waals surface area contributed by atoms with Gasteiger partial charge in [-0.05, 0) is 123 Å². The number of rotatable bonds is 12. The molecule has 1 atom stereocenters. The lowest BCUT2D eigenvalue weighted by Crippen LogP contribution is -2.06. The SMILES string of the molecule is Cc1cc(/C=C/c2ccc(Br)s2)c(OCCC(C)CCCC(C)C)cc1/C=C/c1ccc(Br)s1. The Morgan fingerprint density at radius 1 is 0.794 bits per heavy atom. The van der Waals surface area contributed by atoms with E-state index in [1.807, 2.05) is 0 Å². The summed E-state index contributed by atoms with van der Waals surface area (Å²) in [7, 11) is 0. The molecule has 3 rings (SSSR count). The lowest BCUT2D eigenvalue weighted by atomic mass is 9.97. The van der Waals surface area contributed by atoms with Gasteiger partial charge in [-0.2, -0.15) is 0 Å². The zero-order valence-corrected chi connectivity index (χ0v) is 25.2. The van der Waals surface area contributed by atoms with Gasteiger partial charge in [0.1, 0.15) is 5.75 Å². The predicted octanol–water partition coefficient (Wildman–Crippen LogP) is 11.2.